The molecule has 4 rings (SSSR count). The summed E-state index contributed by atoms with van der Waals surface area (Å²) in [6.07, 6.45) is 2.87. The van der Waals surface area contributed by atoms with Crippen LogP contribution < -0.4 is 4.74 Å². The largest absolute Gasteiger partial charge is 0.496 e. The van der Waals surface area contributed by atoms with Gasteiger partial charge in [0.1, 0.15) is 5.75 Å². The van der Waals surface area contributed by atoms with Crippen LogP contribution in [0.3, 0.4) is 0 Å². The molecule has 0 spiro atoms. The molecule has 2 aromatic rings. The van der Waals surface area contributed by atoms with Crippen molar-refractivity contribution in [1.82, 2.24) is 15.0 Å². The Balaban J connectivity index is 1.43. The lowest BCUT2D eigenvalue weighted by molar-refractivity contribution is -0.134. The number of ether oxygens (including phenoxy) is 1. The van der Waals surface area contributed by atoms with E-state index in [1.165, 1.54) is 0 Å². The van der Waals surface area contributed by atoms with E-state index in [4.69, 9.17) is 9.26 Å². The van der Waals surface area contributed by atoms with Gasteiger partial charge in [-0.1, -0.05) is 23.4 Å². The Morgan fingerprint density at radius 2 is 2.20 bits per heavy atom. The SMILES string of the molecule is COc1ccccc1[C@@H]1C[C@H]1C(=O)N1CCC[C@@H](c2nc(C)no2)C1. The summed E-state index contributed by atoms with van der Waals surface area (Å²) in [5.41, 5.74) is 1.14. The van der Waals surface area contributed by atoms with E-state index in [-0.39, 0.29) is 23.7 Å². The molecule has 6 nitrogen and oxygen atoms in total. The fourth-order valence-electron chi connectivity index (χ4n) is 3.88. The fourth-order valence-corrected chi connectivity index (χ4v) is 3.88. The number of likely N-dealkylation sites (tertiary alicyclic amines) is 1. The monoisotopic (exact) mass is 341 g/mol. The number of amides is 1. The second kappa shape index (κ2) is 6.50. The van der Waals surface area contributed by atoms with Crippen LogP contribution in [0.2, 0.25) is 0 Å². The number of piperidine rings is 1. The van der Waals surface area contributed by atoms with E-state index in [2.05, 4.69) is 16.2 Å². The summed E-state index contributed by atoms with van der Waals surface area (Å²) in [7, 11) is 1.68. The highest BCUT2D eigenvalue weighted by molar-refractivity contribution is 5.83. The molecular weight excluding hydrogens is 318 g/mol. The summed E-state index contributed by atoms with van der Waals surface area (Å²) >= 11 is 0. The molecule has 0 bridgehead atoms. The smallest absolute Gasteiger partial charge is 0.231 e. The summed E-state index contributed by atoms with van der Waals surface area (Å²) < 4.78 is 10.8. The highest BCUT2D eigenvalue weighted by Gasteiger charge is 2.47. The van der Waals surface area contributed by atoms with E-state index in [1.807, 2.05) is 30.0 Å². The zero-order chi connectivity index (χ0) is 17.4. The third-order valence-electron chi connectivity index (χ3n) is 5.27. The molecule has 2 heterocycles. The summed E-state index contributed by atoms with van der Waals surface area (Å²) in [6.45, 7) is 3.31. The molecule has 2 aliphatic rings. The number of aromatic nitrogens is 2. The first-order valence-corrected chi connectivity index (χ1v) is 8.89. The van der Waals surface area contributed by atoms with Gasteiger partial charge in [0.25, 0.3) is 0 Å². The Kier molecular flexibility index (Phi) is 4.19. The maximum absolute atomic E-state index is 12.9. The van der Waals surface area contributed by atoms with Crippen molar-refractivity contribution in [3.05, 3.63) is 41.5 Å². The van der Waals surface area contributed by atoms with E-state index in [1.54, 1.807) is 7.11 Å². The van der Waals surface area contributed by atoms with Gasteiger partial charge >= 0.3 is 0 Å². The minimum absolute atomic E-state index is 0.0690. The molecule has 1 saturated heterocycles. The van der Waals surface area contributed by atoms with Crippen LogP contribution in [0.25, 0.3) is 0 Å². The molecular formula is C19H23N3O3. The highest BCUT2D eigenvalue weighted by Crippen LogP contribution is 2.51. The lowest BCUT2D eigenvalue weighted by atomic mass is 9.97. The van der Waals surface area contributed by atoms with E-state index in [9.17, 15) is 4.79 Å². The summed E-state index contributed by atoms with van der Waals surface area (Å²) in [5.74, 6) is 2.93. The lowest BCUT2D eigenvalue weighted by Gasteiger charge is -2.31. The van der Waals surface area contributed by atoms with Gasteiger partial charge in [-0.3, -0.25) is 4.79 Å². The number of benzene rings is 1. The van der Waals surface area contributed by atoms with Gasteiger partial charge in [-0.2, -0.15) is 4.98 Å². The Morgan fingerprint density at radius 1 is 1.36 bits per heavy atom. The van der Waals surface area contributed by atoms with Crippen molar-refractivity contribution in [3.8, 4) is 5.75 Å². The molecule has 0 radical (unpaired) electrons. The topological polar surface area (TPSA) is 68.5 Å². The van der Waals surface area contributed by atoms with Gasteiger partial charge in [0.15, 0.2) is 5.82 Å². The minimum atomic E-state index is 0.0690. The number of hydrogen-bond donors (Lipinski definition) is 0. The lowest BCUT2D eigenvalue weighted by Crippen LogP contribution is -2.40. The van der Waals surface area contributed by atoms with Crippen LogP contribution in [0.5, 0.6) is 5.75 Å². The van der Waals surface area contributed by atoms with Gasteiger partial charge in [-0.15, -0.1) is 0 Å². The van der Waals surface area contributed by atoms with Crippen LogP contribution in [0.4, 0.5) is 0 Å². The van der Waals surface area contributed by atoms with Gasteiger partial charge in [0.05, 0.1) is 13.0 Å². The van der Waals surface area contributed by atoms with E-state index in [0.29, 0.717) is 18.3 Å². The van der Waals surface area contributed by atoms with E-state index in [0.717, 1.165) is 37.1 Å². The van der Waals surface area contributed by atoms with Crippen molar-refractivity contribution in [1.29, 1.82) is 0 Å². The minimum Gasteiger partial charge on any atom is -0.496 e. The first-order chi connectivity index (χ1) is 12.2. The molecule has 132 valence electrons. The zero-order valence-electron chi connectivity index (χ0n) is 14.6. The molecule has 3 atom stereocenters. The Labute approximate surface area is 147 Å². The third-order valence-corrected chi connectivity index (χ3v) is 5.27. The maximum atomic E-state index is 12.9. The summed E-state index contributed by atoms with van der Waals surface area (Å²) in [4.78, 5) is 19.3. The first-order valence-electron chi connectivity index (χ1n) is 8.89. The van der Waals surface area contributed by atoms with Crippen molar-refractivity contribution >= 4 is 5.91 Å². The molecule has 0 N–H and O–H groups in total. The molecule has 25 heavy (non-hydrogen) atoms. The van der Waals surface area contributed by atoms with E-state index >= 15 is 0 Å². The normalized spacial score (nSPS) is 25.7. The molecule has 1 amide bonds. The van der Waals surface area contributed by atoms with Gasteiger partial charge in [0.2, 0.25) is 11.8 Å². The van der Waals surface area contributed by atoms with Gasteiger partial charge in [0, 0.05) is 19.0 Å². The predicted octanol–water partition coefficient (Wildman–Crippen LogP) is 2.90. The van der Waals surface area contributed by atoms with Crippen LogP contribution in [0.1, 0.15) is 48.4 Å². The number of methoxy groups -OCH3 is 1. The van der Waals surface area contributed by atoms with Crippen LogP contribution in [-0.2, 0) is 4.79 Å². The number of carbonyl (C=O) groups is 1. The molecule has 1 aromatic carbocycles. The number of nitrogens with zero attached hydrogens (tertiary/aromatic N) is 3. The Morgan fingerprint density at radius 3 is 2.96 bits per heavy atom. The number of hydrogen-bond acceptors (Lipinski definition) is 5. The first kappa shape index (κ1) is 16.1. The number of aryl methyl sites for hydroxylation is 1. The van der Waals surface area contributed by atoms with Gasteiger partial charge in [-0.25, -0.2) is 0 Å². The summed E-state index contributed by atoms with van der Waals surface area (Å²) in [5, 5.41) is 3.88. The molecule has 2 fully saturated rings. The number of para-hydroxylation sites is 1. The van der Waals surface area contributed by atoms with Crippen molar-refractivity contribution in [2.24, 2.45) is 5.92 Å². The van der Waals surface area contributed by atoms with Crippen molar-refractivity contribution < 1.29 is 14.1 Å². The van der Waals surface area contributed by atoms with Gasteiger partial charge < -0.3 is 14.2 Å². The molecule has 1 aliphatic carbocycles. The molecule has 1 aliphatic heterocycles. The van der Waals surface area contributed by atoms with Crippen molar-refractivity contribution in [2.45, 2.75) is 38.0 Å². The fraction of sp³-hybridized carbons (Fsp3) is 0.526. The molecule has 1 aromatic heterocycles. The Hall–Kier alpha value is -2.37. The van der Waals surface area contributed by atoms with E-state index < -0.39 is 0 Å². The highest BCUT2D eigenvalue weighted by atomic mass is 16.5. The second-order valence-electron chi connectivity index (χ2n) is 6.99. The third kappa shape index (κ3) is 3.13. The second-order valence-corrected chi connectivity index (χ2v) is 6.99. The van der Waals surface area contributed by atoms with Crippen LogP contribution >= 0.6 is 0 Å². The average Bonchev–Trinajstić information content (AvgIpc) is 3.34. The van der Waals surface area contributed by atoms with Crippen molar-refractivity contribution in [2.75, 3.05) is 20.2 Å². The molecule has 1 saturated carbocycles. The number of carbonyl (C=O) groups excluding carboxylic acids is 1. The van der Waals surface area contributed by atoms with Gasteiger partial charge in [-0.05, 0) is 43.7 Å². The predicted molar refractivity (Wildman–Crippen MR) is 91.4 cm³/mol. The maximum Gasteiger partial charge on any atom is 0.231 e. The van der Waals surface area contributed by atoms with Crippen LogP contribution in [0, 0.1) is 12.8 Å². The Bertz CT molecular complexity index is 773. The summed E-state index contributed by atoms with van der Waals surface area (Å²) in [6, 6.07) is 8.00. The molecule has 0 unspecified atom stereocenters. The average molecular weight is 341 g/mol. The quantitative estimate of drug-likeness (QED) is 0.855. The molecule has 6 heteroatoms. The van der Waals surface area contributed by atoms with Crippen LogP contribution in [-0.4, -0.2) is 41.1 Å². The number of rotatable bonds is 4. The zero-order valence-corrected chi connectivity index (χ0v) is 14.6. The standard InChI is InChI=1S/C19H23N3O3/c1-12-20-18(25-21-12)13-6-5-9-22(11-13)19(23)16-10-15(16)14-7-3-4-8-17(14)24-2/h3-4,7-8,13,15-16H,5-6,9-11H2,1-2H3/t13-,15+,16-/m1/s1. The van der Waals surface area contributed by atoms with Crippen LogP contribution in [0.15, 0.2) is 28.8 Å². The van der Waals surface area contributed by atoms with Crippen molar-refractivity contribution in [3.63, 3.8) is 0 Å².